The molecule has 0 amide bonds. The maximum absolute atomic E-state index is 13.4. The van der Waals surface area contributed by atoms with Crippen LogP contribution in [0.2, 0.25) is 5.02 Å². The van der Waals surface area contributed by atoms with Crippen LogP contribution in [0.15, 0.2) is 95.9 Å². The minimum atomic E-state index is -3.98. The van der Waals surface area contributed by atoms with Crippen molar-refractivity contribution in [3.8, 4) is 28.6 Å². The minimum Gasteiger partial charge on any atom is -0.497 e. The highest BCUT2D eigenvalue weighted by molar-refractivity contribution is 7.92. The van der Waals surface area contributed by atoms with Crippen LogP contribution in [0.25, 0.3) is 28.1 Å². The number of imidazole rings is 1. The van der Waals surface area contributed by atoms with Crippen LogP contribution in [0.5, 0.6) is 11.5 Å². The lowest BCUT2D eigenvalue weighted by atomic mass is 10.2. The van der Waals surface area contributed by atoms with Crippen molar-refractivity contribution < 1.29 is 27.4 Å². The van der Waals surface area contributed by atoms with Gasteiger partial charge in [0.05, 0.1) is 42.4 Å². The normalized spacial score (nSPS) is 11.3. The van der Waals surface area contributed by atoms with Gasteiger partial charge in [-0.2, -0.15) is 0 Å². The highest BCUT2D eigenvalue weighted by atomic mass is 35.5. The van der Waals surface area contributed by atoms with Gasteiger partial charge in [0.1, 0.15) is 17.3 Å². The lowest BCUT2D eigenvalue weighted by Gasteiger charge is -2.15. The van der Waals surface area contributed by atoms with E-state index in [4.69, 9.17) is 30.8 Å². The van der Waals surface area contributed by atoms with Gasteiger partial charge in [0.25, 0.3) is 10.0 Å². The van der Waals surface area contributed by atoms with Crippen molar-refractivity contribution in [1.29, 1.82) is 0 Å². The Labute approximate surface area is 255 Å². The monoisotopic (exact) mass is 619 g/mol. The molecule has 0 aliphatic carbocycles. The molecule has 5 aromatic rings. The summed E-state index contributed by atoms with van der Waals surface area (Å²) in [5, 5.41) is 0.425. The molecular weight excluding hydrogens is 590 g/mol. The predicted molar refractivity (Wildman–Crippen MR) is 167 cm³/mol. The number of esters is 1. The summed E-state index contributed by atoms with van der Waals surface area (Å²) in [6.45, 7) is 0.250. The Hall–Kier alpha value is -4.54. The van der Waals surface area contributed by atoms with Crippen molar-refractivity contribution in [2.45, 2.75) is 24.2 Å². The Balaban J connectivity index is 1.61. The summed E-state index contributed by atoms with van der Waals surface area (Å²) in [4.78, 5) is 16.5. The van der Waals surface area contributed by atoms with E-state index in [-0.39, 0.29) is 29.6 Å². The fourth-order valence-corrected chi connectivity index (χ4v) is 5.74. The van der Waals surface area contributed by atoms with Gasteiger partial charge in [-0.05, 0) is 67.4 Å². The van der Waals surface area contributed by atoms with E-state index < -0.39 is 10.0 Å². The van der Waals surface area contributed by atoms with Crippen LogP contribution in [-0.4, -0.2) is 44.8 Å². The molecule has 0 atom stereocenters. The molecule has 9 nitrogen and oxygen atoms in total. The van der Waals surface area contributed by atoms with E-state index in [1.54, 1.807) is 19.2 Å². The highest BCUT2D eigenvalue weighted by Crippen LogP contribution is 2.37. The number of rotatable bonds is 12. The van der Waals surface area contributed by atoms with E-state index in [9.17, 15) is 13.2 Å². The first kappa shape index (κ1) is 29.9. The molecule has 0 saturated heterocycles. The molecule has 0 aliphatic rings. The van der Waals surface area contributed by atoms with Crippen LogP contribution >= 0.6 is 11.6 Å². The lowest BCUT2D eigenvalue weighted by Crippen LogP contribution is -2.14. The molecule has 222 valence electrons. The third kappa shape index (κ3) is 6.93. The zero-order valence-electron chi connectivity index (χ0n) is 23.6. The third-order valence-electron chi connectivity index (χ3n) is 6.75. The van der Waals surface area contributed by atoms with Crippen molar-refractivity contribution >= 4 is 44.3 Å². The van der Waals surface area contributed by atoms with E-state index in [1.165, 1.54) is 31.4 Å². The Morgan fingerprint density at radius 2 is 1.65 bits per heavy atom. The number of unbranched alkanes of at least 4 members (excludes halogenated alkanes) is 1. The Morgan fingerprint density at radius 1 is 0.930 bits per heavy atom. The van der Waals surface area contributed by atoms with Gasteiger partial charge in [0.15, 0.2) is 0 Å². The smallest absolute Gasteiger partial charge is 0.305 e. The summed E-state index contributed by atoms with van der Waals surface area (Å²) in [6.07, 6.45) is 1.38. The number of hydrogen-bond acceptors (Lipinski definition) is 7. The highest BCUT2D eigenvalue weighted by Gasteiger charge is 2.21. The molecule has 4 aromatic carbocycles. The number of benzene rings is 4. The summed E-state index contributed by atoms with van der Waals surface area (Å²) in [5.41, 5.74) is 3.21. The van der Waals surface area contributed by atoms with E-state index in [0.29, 0.717) is 46.2 Å². The quantitative estimate of drug-likeness (QED) is 0.120. The van der Waals surface area contributed by atoms with Crippen LogP contribution in [0, 0.1) is 0 Å². The van der Waals surface area contributed by atoms with Gasteiger partial charge in [-0.25, -0.2) is 13.4 Å². The van der Waals surface area contributed by atoms with Crippen LogP contribution in [-0.2, 0) is 19.6 Å². The number of fused-ring (bicyclic) bond motifs is 1. The van der Waals surface area contributed by atoms with Crippen molar-refractivity contribution in [1.82, 2.24) is 9.55 Å². The fourth-order valence-electron chi connectivity index (χ4n) is 4.55. The van der Waals surface area contributed by atoms with Gasteiger partial charge in [-0.1, -0.05) is 41.9 Å². The van der Waals surface area contributed by atoms with Gasteiger partial charge in [0, 0.05) is 28.8 Å². The first-order chi connectivity index (χ1) is 20.8. The third-order valence-corrected chi connectivity index (χ3v) is 8.38. The summed E-state index contributed by atoms with van der Waals surface area (Å²) in [5.74, 6) is 1.40. The van der Waals surface area contributed by atoms with Gasteiger partial charge >= 0.3 is 5.97 Å². The van der Waals surface area contributed by atoms with Crippen molar-refractivity contribution in [3.63, 3.8) is 0 Å². The molecule has 0 bridgehead atoms. The number of methoxy groups -OCH3 is 2. The largest absolute Gasteiger partial charge is 0.497 e. The Morgan fingerprint density at radius 3 is 2.33 bits per heavy atom. The van der Waals surface area contributed by atoms with E-state index in [2.05, 4.69) is 4.72 Å². The Bertz CT molecular complexity index is 1820. The number of aromatic nitrogens is 2. The molecular formula is C32H30ClN3O6S. The second-order valence-corrected chi connectivity index (χ2v) is 11.7. The predicted octanol–water partition coefficient (Wildman–Crippen LogP) is 6.88. The van der Waals surface area contributed by atoms with Crippen molar-refractivity contribution in [3.05, 3.63) is 96.0 Å². The number of nitrogens with zero attached hydrogens (tertiary/aromatic N) is 2. The minimum absolute atomic E-state index is 0.0507. The lowest BCUT2D eigenvalue weighted by molar-refractivity contribution is -0.140. The standard InChI is InChI=1S/C32H30ClN3O6S/c1-40-25-15-13-24(14-16-25)36-29-21-30(42-19-7-6-10-31(37)41-2)28(35-43(38,39)26-17-11-23(33)12-18-26)20-27(29)34-32(36)22-8-4-3-5-9-22/h3-5,8-9,11-18,20-21,35H,6-7,10,19H2,1-2H3. The first-order valence-electron chi connectivity index (χ1n) is 13.5. The van der Waals surface area contributed by atoms with Gasteiger partial charge in [0.2, 0.25) is 0 Å². The maximum atomic E-state index is 13.4. The second-order valence-electron chi connectivity index (χ2n) is 9.61. The number of hydrogen-bond donors (Lipinski definition) is 1. The summed E-state index contributed by atoms with van der Waals surface area (Å²) in [6, 6.07) is 26.6. The number of nitrogens with one attached hydrogen (secondary N) is 1. The Kier molecular flexibility index (Phi) is 9.18. The number of anilines is 1. The van der Waals surface area contributed by atoms with Crippen molar-refractivity contribution in [2.75, 3.05) is 25.5 Å². The van der Waals surface area contributed by atoms with Gasteiger partial charge in [-0.3, -0.25) is 14.1 Å². The summed E-state index contributed by atoms with van der Waals surface area (Å²) < 4.78 is 47.6. The second kappa shape index (κ2) is 13.2. The summed E-state index contributed by atoms with van der Waals surface area (Å²) >= 11 is 5.98. The molecule has 1 N–H and O–H groups in total. The summed E-state index contributed by atoms with van der Waals surface area (Å²) in [7, 11) is -1.03. The molecule has 0 spiro atoms. The van der Waals surface area contributed by atoms with E-state index in [0.717, 1.165) is 11.3 Å². The number of ether oxygens (including phenoxy) is 3. The van der Waals surface area contributed by atoms with E-state index >= 15 is 0 Å². The molecule has 0 aliphatic heterocycles. The number of carbonyl (C=O) groups is 1. The molecule has 1 aromatic heterocycles. The fraction of sp³-hybridized carbons (Fsp3) is 0.188. The molecule has 0 radical (unpaired) electrons. The van der Waals surface area contributed by atoms with E-state index in [1.807, 2.05) is 59.2 Å². The first-order valence-corrected chi connectivity index (χ1v) is 15.4. The number of carbonyl (C=O) groups excluding carboxylic acids is 1. The molecule has 1 heterocycles. The molecule has 0 fully saturated rings. The van der Waals surface area contributed by atoms with Crippen LogP contribution < -0.4 is 14.2 Å². The van der Waals surface area contributed by atoms with Gasteiger partial charge in [-0.15, -0.1) is 0 Å². The topological polar surface area (TPSA) is 109 Å². The zero-order chi connectivity index (χ0) is 30.4. The molecule has 5 rings (SSSR count). The van der Waals surface area contributed by atoms with Crippen LogP contribution in [0.1, 0.15) is 19.3 Å². The van der Waals surface area contributed by atoms with Crippen LogP contribution in [0.4, 0.5) is 5.69 Å². The van der Waals surface area contributed by atoms with Crippen molar-refractivity contribution in [2.24, 2.45) is 0 Å². The molecule has 0 unspecified atom stereocenters. The molecule has 43 heavy (non-hydrogen) atoms. The molecule has 11 heteroatoms. The number of halogens is 1. The average molecular weight is 620 g/mol. The molecule has 0 saturated carbocycles. The SMILES string of the molecule is COC(=O)CCCCOc1cc2c(cc1NS(=O)(=O)c1ccc(Cl)cc1)nc(-c1ccccc1)n2-c1ccc(OC)cc1. The number of sulfonamides is 1. The maximum Gasteiger partial charge on any atom is 0.305 e. The average Bonchev–Trinajstić information content (AvgIpc) is 3.39. The zero-order valence-corrected chi connectivity index (χ0v) is 25.2. The van der Waals surface area contributed by atoms with Gasteiger partial charge < -0.3 is 14.2 Å². The van der Waals surface area contributed by atoms with Crippen LogP contribution in [0.3, 0.4) is 0 Å².